The van der Waals surface area contributed by atoms with Gasteiger partial charge in [0.1, 0.15) is 6.33 Å². The Morgan fingerprint density at radius 3 is 2.45 bits per heavy atom. The number of tetrazole rings is 1. The third-order valence-electron chi connectivity index (χ3n) is 4.66. The molecule has 0 saturated heterocycles. The molecule has 8 heteroatoms. The SMILES string of the molecule is CC[C@H](CNC(=O)[C@@H](C)OC(=O)c1ccc(-n2cnnn2)cc1)c1ccccc1. The molecule has 29 heavy (non-hydrogen) atoms. The molecule has 0 spiro atoms. The van der Waals surface area contributed by atoms with Gasteiger partial charge in [0, 0.05) is 12.5 Å². The van der Waals surface area contributed by atoms with Crippen molar-refractivity contribution in [2.75, 3.05) is 6.54 Å². The van der Waals surface area contributed by atoms with E-state index in [4.69, 9.17) is 4.74 Å². The van der Waals surface area contributed by atoms with E-state index in [-0.39, 0.29) is 11.8 Å². The van der Waals surface area contributed by atoms with Gasteiger partial charge in [-0.3, -0.25) is 4.79 Å². The van der Waals surface area contributed by atoms with Crippen LogP contribution in [-0.4, -0.2) is 44.7 Å². The molecular formula is C21H23N5O3. The van der Waals surface area contributed by atoms with Gasteiger partial charge in [-0.15, -0.1) is 5.10 Å². The number of nitrogens with one attached hydrogen (secondary N) is 1. The molecule has 0 aliphatic heterocycles. The predicted octanol–water partition coefficient (Wildman–Crippen LogP) is 2.52. The molecule has 8 nitrogen and oxygen atoms in total. The van der Waals surface area contributed by atoms with Gasteiger partial charge in [-0.05, 0) is 53.6 Å². The molecule has 0 bridgehead atoms. The van der Waals surface area contributed by atoms with E-state index in [1.807, 2.05) is 30.3 Å². The highest BCUT2D eigenvalue weighted by Crippen LogP contribution is 2.18. The van der Waals surface area contributed by atoms with Crippen LogP contribution in [0.2, 0.25) is 0 Å². The maximum Gasteiger partial charge on any atom is 0.338 e. The summed E-state index contributed by atoms with van der Waals surface area (Å²) in [6, 6.07) is 16.6. The average molecular weight is 393 g/mol. The predicted molar refractivity (Wildman–Crippen MR) is 107 cm³/mol. The fourth-order valence-corrected chi connectivity index (χ4v) is 2.90. The number of ether oxygens (including phenoxy) is 1. The number of aromatic nitrogens is 4. The van der Waals surface area contributed by atoms with Crippen molar-refractivity contribution in [3.63, 3.8) is 0 Å². The standard InChI is InChI=1S/C21H23N5O3/c1-3-16(17-7-5-4-6-8-17)13-22-20(27)15(2)29-21(28)18-9-11-19(12-10-18)26-14-23-24-25-26/h4-12,14-16H,3,13H2,1-2H3,(H,22,27)/t15-,16-/m1/s1. The fourth-order valence-electron chi connectivity index (χ4n) is 2.90. The first-order valence-corrected chi connectivity index (χ1v) is 9.45. The highest BCUT2D eigenvalue weighted by Gasteiger charge is 2.20. The van der Waals surface area contributed by atoms with E-state index >= 15 is 0 Å². The van der Waals surface area contributed by atoms with Gasteiger partial charge in [-0.25, -0.2) is 9.48 Å². The van der Waals surface area contributed by atoms with Gasteiger partial charge in [-0.2, -0.15) is 0 Å². The summed E-state index contributed by atoms with van der Waals surface area (Å²) in [6.45, 7) is 4.13. The minimum absolute atomic E-state index is 0.210. The van der Waals surface area contributed by atoms with Gasteiger partial charge in [0.25, 0.3) is 5.91 Å². The van der Waals surface area contributed by atoms with Crippen molar-refractivity contribution >= 4 is 11.9 Å². The molecule has 1 aromatic heterocycles. The molecule has 2 atom stereocenters. The topological polar surface area (TPSA) is 99.0 Å². The van der Waals surface area contributed by atoms with E-state index in [9.17, 15) is 9.59 Å². The largest absolute Gasteiger partial charge is 0.449 e. The highest BCUT2D eigenvalue weighted by molar-refractivity contribution is 5.92. The lowest BCUT2D eigenvalue weighted by molar-refractivity contribution is -0.129. The quantitative estimate of drug-likeness (QED) is 0.591. The number of nitrogens with zero attached hydrogens (tertiary/aromatic N) is 4. The van der Waals surface area contributed by atoms with Crippen molar-refractivity contribution in [1.82, 2.24) is 25.5 Å². The summed E-state index contributed by atoms with van der Waals surface area (Å²) in [5, 5.41) is 13.8. The number of carbonyl (C=O) groups is 2. The molecule has 150 valence electrons. The van der Waals surface area contributed by atoms with E-state index in [2.05, 4.69) is 27.8 Å². The zero-order valence-corrected chi connectivity index (χ0v) is 16.4. The van der Waals surface area contributed by atoms with Crippen LogP contribution in [0.15, 0.2) is 60.9 Å². The first-order valence-electron chi connectivity index (χ1n) is 9.45. The smallest absolute Gasteiger partial charge is 0.338 e. The first-order chi connectivity index (χ1) is 14.1. The monoisotopic (exact) mass is 393 g/mol. The molecule has 0 fully saturated rings. The minimum atomic E-state index is -0.894. The molecule has 2 aromatic carbocycles. The second-order valence-electron chi connectivity index (χ2n) is 6.61. The number of rotatable bonds is 8. The van der Waals surface area contributed by atoms with Crippen molar-refractivity contribution in [2.45, 2.75) is 32.3 Å². The van der Waals surface area contributed by atoms with Gasteiger partial charge in [0.05, 0.1) is 11.3 Å². The van der Waals surface area contributed by atoms with Crippen LogP contribution in [0.5, 0.6) is 0 Å². The molecular weight excluding hydrogens is 370 g/mol. The zero-order chi connectivity index (χ0) is 20.6. The Morgan fingerprint density at radius 2 is 1.83 bits per heavy atom. The lowest BCUT2D eigenvalue weighted by atomic mass is 9.96. The summed E-state index contributed by atoms with van der Waals surface area (Å²) in [7, 11) is 0. The van der Waals surface area contributed by atoms with Crippen molar-refractivity contribution in [1.29, 1.82) is 0 Å². The van der Waals surface area contributed by atoms with Crippen molar-refractivity contribution in [3.8, 4) is 5.69 Å². The summed E-state index contributed by atoms with van der Waals surface area (Å²) in [6.07, 6.45) is 1.46. The zero-order valence-electron chi connectivity index (χ0n) is 16.4. The molecule has 3 aromatic rings. The maximum atomic E-state index is 12.4. The van der Waals surface area contributed by atoms with E-state index < -0.39 is 12.1 Å². The molecule has 1 amide bonds. The Balaban J connectivity index is 1.53. The Hall–Kier alpha value is -3.55. The van der Waals surface area contributed by atoms with Gasteiger partial charge in [0.2, 0.25) is 0 Å². The number of amides is 1. The van der Waals surface area contributed by atoms with Gasteiger partial charge in [0.15, 0.2) is 6.10 Å². The molecule has 0 aliphatic carbocycles. The average Bonchev–Trinajstić information content (AvgIpc) is 3.30. The van der Waals surface area contributed by atoms with Crippen LogP contribution >= 0.6 is 0 Å². The Morgan fingerprint density at radius 1 is 1.10 bits per heavy atom. The Kier molecular flexibility index (Phi) is 6.67. The third-order valence-corrected chi connectivity index (χ3v) is 4.66. The molecule has 3 rings (SSSR count). The van der Waals surface area contributed by atoms with Crippen LogP contribution in [-0.2, 0) is 9.53 Å². The summed E-state index contributed by atoms with van der Waals surface area (Å²) < 4.78 is 6.78. The van der Waals surface area contributed by atoms with Crippen molar-refractivity contribution in [3.05, 3.63) is 72.1 Å². The van der Waals surface area contributed by atoms with E-state index in [1.165, 1.54) is 16.6 Å². The number of hydrogen-bond donors (Lipinski definition) is 1. The second-order valence-corrected chi connectivity index (χ2v) is 6.61. The fraction of sp³-hybridized carbons (Fsp3) is 0.286. The Bertz CT molecular complexity index is 927. The number of benzene rings is 2. The van der Waals surface area contributed by atoms with Crippen LogP contribution in [0, 0.1) is 0 Å². The number of hydrogen-bond acceptors (Lipinski definition) is 6. The first kappa shape index (κ1) is 20.2. The van der Waals surface area contributed by atoms with Crippen molar-refractivity contribution in [2.24, 2.45) is 0 Å². The molecule has 0 saturated carbocycles. The Labute approximate surface area is 168 Å². The molecule has 0 unspecified atom stereocenters. The van der Waals surface area contributed by atoms with Gasteiger partial charge < -0.3 is 10.1 Å². The van der Waals surface area contributed by atoms with Crippen LogP contribution < -0.4 is 5.32 Å². The molecule has 1 N–H and O–H groups in total. The van der Waals surface area contributed by atoms with Crippen molar-refractivity contribution < 1.29 is 14.3 Å². The van der Waals surface area contributed by atoms with Gasteiger partial charge in [-0.1, -0.05) is 37.3 Å². The lowest BCUT2D eigenvalue weighted by Crippen LogP contribution is -2.38. The highest BCUT2D eigenvalue weighted by atomic mass is 16.5. The van der Waals surface area contributed by atoms with Crippen LogP contribution in [0.25, 0.3) is 5.69 Å². The van der Waals surface area contributed by atoms with Crippen LogP contribution in [0.4, 0.5) is 0 Å². The molecule has 0 aliphatic rings. The normalized spacial score (nSPS) is 12.8. The maximum absolute atomic E-state index is 12.4. The third kappa shape index (κ3) is 5.25. The van der Waals surface area contributed by atoms with Crippen LogP contribution in [0.1, 0.15) is 42.1 Å². The van der Waals surface area contributed by atoms with Crippen LogP contribution in [0.3, 0.4) is 0 Å². The molecule has 1 heterocycles. The van der Waals surface area contributed by atoms with E-state index in [0.717, 1.165) is 6.42 Å². The number of carbonyl (C=O) groups excluding carboxylic acids is 2. The molecule has 0 radical (unpaired) electrons. The summed E-state index contributed by atoms with van der Waals surface area (Å²) >= 11 is 0. The minimum Gasteiger partial charge on any atom is -0.449 e. The second kappa shape index (κ2) is 9.59. The lowest BCUT2D eigenvalue weighted by Gasteiger charge is -2.18. The van der Waals surface area contributed by atoms with E-state index in [1.54, 1.807) is 31.2 Å². The number of esters is 1. The summed E-state index contributed by atoms with van der Waals surface area (Å²) in [5.41, 5.74) is 2.23. The van der Waals surface area contributed by atoms with Gasteiger partial charge >= 0.3 is 5.97 Å². The summed E-state index contributed by atoms with van der Waals surface area (Å²) in [4.78, 5) is 24.7. The summed E-state index contributed by atoms with van der Waals surface area (Å²) in [5.74, 6) is -0.675. The van der Waals surface area contributed by atoms with E-state index in [0.29, 0.717) is 17.8 Å².